The number of fused-ring (bicyclic) bond motifs is 1. The standard InChI is InChI=1S/C29H26N4O5S/c1-37-21-15-20(16-22(17-21)38-2)31-29-27(32-24-9-3-4-10-25(24)33-29)18-39(35,36)23-8-5-7-19(13-23)14-28(34)26-11-6-12-30-26/h3-5,7-13,15-17H,6,14,18H2,1-2H3,(H,31,33). The van der Waals surface area contributed by atoms with E-state index in [0.29, 0.717) is 51.7 Å². The maximum atomic E-state index is 13.6. The van der Waals surface area contributed by atoms with Crippen molar-refractivity contribution in [3.63, 3.8) is 0 Å². The summed E-state index contributed by atoms with van der Waals surface area (Å²) in [5.41, 5.74) is 3.03. The minimum Gasteiger partial charge on any atom is -0.497 e. The first-order valence-electron chi connectivity index (χ1n) is 12.2. The monoisotopic (exact) mass is 542 g/mol. The fourth-order valence-corrected chi connectivity index (χ4v) is 5.54. The molecule has 0 unspecified atom stereocenters. The van der Waals surface area contributed by atoms with Crippen LogP contribution in [0.5, 0.6) is 11.5 Å². The molecule has 0 radical (unpaired) electrons. The number of hydrogen-bond acceptors (Lipinski definition) is 9. The number of ketones is 1. The number of rotatable bonds is 10. The van der Waals surface area contributed by atoms with E-state index in [1.54, 1.807) is 62.9 Å². The van der Waals surface area contributed by atoms with Gasteiger partial charge in [0.05, 0.1) is 35.8 Å². The summed E-state index contributed by atoms with van der Waals surface area (Å²) in [4.78, 5) is 26.0. The summed E-state index contributed by atoms with van der Waals surface area (Å²) >= 11 is 0. The largest absolute Gasteiger partial charge is 0.497 e. The second kappa shape index (κ2) is 11.0. The number of nitrogens with zero attached hydrogens (tertiary/aromatic N) is 3. The lowest BCUT2D eigenvalue weighted by atomic mass is 10.1. The zero-order valence-corrected chi connectivity index (χ0v) is 22.2. The Hall–Kier alpha value is -4.57. The Kier molecular flexibility index (Phi) is 7.38. The number of para-hydroxylation sites is 2. The van der Waals surface area contributed by atoms with Gasteiger partial charge >= 0.3 is 0 Å². The van der Waals surface area contributed by atoms with Crippen LogP contribution in [0.2, 0.25) is 0 Å². The van der Waals surface area contributed by atoms with Gasteiger partial charge in [-0.1, -0.05) is 24.3 Å². The first kappa shape index (κ1) is 26.1. The first-order chi connectivity index (χ1) is 18.8. The van der Waals surface area contributed by atoms with E-state index in [9.17, 15) is 13.2 Å². The highest BCUT2D eigenvalue weighted by Crippen LogP contribution is 2.30. The maximum Gasteiger partial charge on any atom is 0.185 e. The van der Waals surface area contributed by atoms with E-state index >= 15 is 0 Å². The van der Waals surface area contributed by atoms with Gasteiger partial charge in [0.1, 0.15) is 22.9 Å². The van der Waals surface area contributed by atoms with Crippen molar-refractivity contribution in [1.29, 1.82) is 0 Å². The molecule has 0 atom stereocenters. The summed E-state index contributed by atoms with van der Waals surface area (Å²) < 4.78 is 37.9. The van der Waals surface area contributed by atoms with E-state index in [1.165, 1.54) is 12.1 Å². The van der Waals surface area contributed by atoms with Crippen molar-refractivity contribution in [3.8, 4) is 11.5 Å². The molecule has 1 aliphatic heterocycles. The topological polar surface area (TPSA) is 120 Å². The minimum absolute atomic E-state index is 0.0623. The van der Waals surface area contributed by atoms with Crippen LogP contribution in [-0.2, 0) is 26.8 Å². The van der Waals surface area contributed by atoms with E-state index in [2.05, 4.69) is 20.3 Å². The Bertz CT molecular complexity index is 1710. The molecule has 198 valence electrons. The van der Waals surface area contributed by atoms with Gasteiger partial charge in [0.2, 0.25) is 0 Å². The van der Waals surface area contributed by atoms with E-state index in [4.69, 9.17) is 9.47 Å². The molecule has 3 aromatic carbocycles. The molecular weight excluding hydrogens is 516 g/mol. The zero-order chi connectivity index (χ0) is 27.4. The lowest BCUT2D eigenvalue weighted by Crippen LogP contribution is -2.11. The van der Waals surface area contributed by atoms with Crippen molar-refractivity contribution in [2.75, 3.05) is 19.5 Å². The van der Waals surface area contributed by atoms with Crippen LogP contribution >= 0.6 is 0 Å². The van der Waals surface area contributed by atoms with Gasteiger partial charge in [0, 0.05) is 42.9 Å². The van der Waals surface area contributed by atoms with Crippen LogP contribution in [0.15, 0.2) is 88.4 Å². The molecule has 1 N–H and O–H groups in total. The van der Waals surface area contributed by atoms with E-state index in [-0.39, 0.29) is 22.8 Å². The third kappa shape index (κ3) is 5.96. The van der Waals surface area contributed by atoms with E-state index in [0.717, 1.165) is 0 Å². The van der Waals surface area contributed by atoms with Crippen molar-refractivity contribution in [1.82, 2.24) is 9.97 Å². The summed E-state index contributed by atoms with van der Waals surface area (Å²) in [5, 5.41) is 3.19. The maximum absolute atomic E-state index is 13.6. The van der Waals surface area contributed by atoms with Crippen LogP contribution in [0.25, 0.3) is 11.0 Å². The molecule has 0 spiro atoms. The summed E-state index contributed by atoms with van der Waals surface area (Å²) in [7, 11) is -0.752. The van der Waals surface area contributed by atoms with Gasteiger partial charge in [0.15, 0.2) is 21.4 Å². The Balaban J connectivity index is 1.48. The van der Waals surface area contributed by atoms with Gasteiger partial charge in [-0.3, -0.25) is 9.79 Å². The summed E-state index contributed by atoms with van der Waals surface area (Å²) in [6.07, 6.45) is 4.12. The van der Waals surface area contributed by atoms with Crippen LogP contribution in [0, 0.1) is 0 Å². The van der Waals surface area contributed by atoms with Crippen LogP contribution < -0.4 is 14.8 Å². The number of sulfone groups is 1. The van der Waals surface area contributed by atoms with Crippen molar-refractivity contribution in [2.24, 2.45) is 4.99 Å². The highest BCUT2D eigenvalue weighted by molar-refractivity contribution is 7.90. The average Bonchev–Trinajstić information content (AvgIpc) is 3.48. The van der Waals surface area contributed by atoms with Crippen LogP contribution in [0.4, 0.5) is 11.5 Å². The number of Topliss-reactive ketones (excluding diaryl/α,β-unsaturated/α-hetero) is 1. The van der Waals surface area contributed by atoms with E-state index < -0.39 is 15.6 Å². The number of hydrogen-bond donors (Lipinski definition) is 1. The summed E-state index contributed by atoms with van der Waals surface area (Å²) in [6, 6.07) is 18.9. The Labute approximate surface area is 226 Å². The van der Waals surface area contributed by atoms with Gasteiger partial charge in [0.25, 0.3) is 0 Å². The lowest BCUT2D eigenvalue weighted by molar-refractivity contribution is -0.115. The number of nitrogens with one attached hydrogen (secondary N) is 1. The molecule has 9 nitrogen and oxygen atoms in total. The second-order valence-corrected chi connectivity index (χ2v) is 10.9. The van der Waals surface area contributed by atoms with Gasteiger partial charge < -0.3 is 14.8 Å². The van der Waals surface area contributed by atoms with Crippen molar-refractivity contribution >= 4 is 44.4 Å². The highest BCUT2D eigenvalue weighted by Gasteiger charge is 2.22. The number of allylic oxidation sites excluding steroid dienone is 2. The van der Waals surface area contributed by atoms with Gasteiger partial charge in [-0.25, -0.2) is 18.4 Å². The molecular formula is C29H26N4O5S. The van der Waals surface area contributed by atoms with Gasteiger partial charge in [-0.2, -0.15) is 0 Å². The molecule has 5 rings (SSSR count). The summed E-state index contributed by atoms with van der Waals surface area (Å²) in [5.74, 6) is 0.861. The van der Waals surface area contributed by atoms with Crippen molar-refractivity contribution in [2.45, 2.75) is 23.5 Å². The predicted octanol–water partition coefficient (Wildman–Crippen LogP) is 4.83. The highest BCUT2D eigenvalue weighted by atomic mass is 32.2. The molecule has 0 bridgehead atoms. The molecule has 0 fully saturated rings. The average molecular weight is 543 g/mol. The third-order valence-corrected chi connectivity index (χ3v) is 7.76. The Morgan fingerprint density at radius 1 is 0.923 bits per heavy atom. The molecule has 2 heterocycles. The van der Waals surface area contributed by atoms with Gasteiger partial charge in [-0.05, 0) is 35.9 Å². The molecule has 39 heavy (non-hydrogen) atoms. The van der Waals surface area contributed by atoms with Crippen molar-refractivity contribution in [3.05, 3.63) is 89.8 Å². The molecule has 0 saturated carbocycles. The van der Waals surface area contributed by atoms with Crippen LogP contribution in [0.3, 0.4) is 0 Å². The van der Waals surface area contributed by atoms with Crippen molar-refractivity contribution < 1.29 is 22.7 Å². The Morgan fingerprint density at radius 3 is 2.31 bits per heavy atom. The van der Waals surface area contributed by atoms with Crippen LogP contribution in [-0.4, -0.2) is 44.6 Å². The fourth-order valence-electron chi connectivity index (χ4n) is 4.20. The number of aromatic nitrogens is 2. The predicted molar refractivity (Wildman–Crippen MR) is 150 cm³/mol. The number of anilines is 2. The Morgan fingerprint density at radius 2 is 1.64 bits per heavy atom. The smallest absolute Gasteiger partial charge is 0.185 e. The number of carbonyl (C=O) groups is 1. The number of methoxy groups -OCH3 is 2. The zero-order valence-electron chi connectivity index (χ0n) is 21.4. The van der Waals surface area contributed by atoms with E-state index in [1.807, 2.05) is 18.2 Å². The van der Waals surface area contributed by atoms with Gasteiger partial charge in [-0.15, -0.1) is 0 Å². The normalized spacial score (nSPS) is 12.8. The number of aliphatic imine (C=N–C) groups is 1. The third-order valence-electron chi connectivity index (χ3n) is 6.14. The molecule has 0 amide bonds. The number of carbonyl (C=O) groups excluding carboxylic acids is 1. The molecule has 1 aromatic heterocycles. The van der Waals surface area contributed by atoms with Crippen LogP contribution in [0.1, 0.15) is 17.7 Å². The molecule has 0 aliphatic carbocycles. The molecule has 10 heteroatoms. The summed E-state index contributed by atoms with van der Waals surface area (Å²) in [6.45, 7) is 0. The first-order valence-corrected chi connectivity index (χ1v) is 13.8. The number of ether oxygens (including phenoxy) is 2. The molecule has 4 aromatic rings. The quantitative estimate of drug-likeness (QED) is 0.302. The molecule has 0 saturated heterocycles. The lowest BCUT2D eigenvalue weighted by Gasteiger charge is -2.14. The second-order valence-electron chi connectivity index (χ2n) is 8.88. The molecule has 1 aliphatic rings. The fraction of sp³-hybridized carbons (Fsp3) is 0.172. The minimum atomic E-state index is -3.85. The number of benzene rings is 3. The SMILES string of the molecule is COc1cc(Nc2nc3ccccc3nc2CS(=O)(=O)c2cccc(CC(=O)C3=CCC=N3)c2)cc(OC)c1.